The Balaban J connectivity index is 1.60. The molecule has 0 atom stereocenters. The largest absolute Gasteiger partial charge is 0.299 e. The van der Waals surface area contributed by atoms with Gasteiger partial charge in [-0.15, -0.1) is 0 Å². The van der Waals surface area contributed by atoms with Crippen molar-refractivity contribution in [1.29, 1.82) is 0 Å². The van der Waals surface area contributed by atoms with Crippen LogP contribution in [0, 0.1) is 0 Å². The van der Waals surface area contributed by atoms with Gasteiger partial charge in [0, 0.05) is 34.6 Å². The summed E-state index contributed by atoms with van der Waals surface area (Å²) in [5, 5.41) is 3.72. The molecule has 0 saturated carbocycles. The number of hydrogen-bond donors (Lipinski definition) is 0. The number of nitrogens with zero attached hydrogens (tertiary/aromatic N) is 3. The first-order valence-electron chi connectivity index (χ1n) is 10.7. The van der Waals surface area contributed by atoms with E-state index in [1.165, 1.54) is 32.8 Å². The highest BCUT2D eigenvalue weighted by molar-refractivity contribution is 6.11. The van der Waals surface area contributed by atoms with Gasteiger partial charge in [-0.1, -0.05) is 54.6 Å². The molecule has 3 heteroatoms. The van der Waals surface area contributed by atoms with Crippen LogP contribution < -0.4 is 0 Å². The summed E-state index contributed by atoms with van der Waals surface area (Å²) in [7, 11) is 0. The van der Waals surface area contributed by atoms with Crippen molar-refractivity contribution in [1.82, 2.24) is 14.4 Å². The molecule has 7 rings (SSSR count). The molecular formula is C28H19N3. The van der Waals surface area contributed by atoms with E-state index in [-0.39, 0.29) is 0 Å². The van der Waals surface area contributed by atoms with E-state index < -0.39 is 0 Å². The van der Waals surface area contributed by atoms with Gasteiger partial charge in [0.1, 0.15) is 5.65 Å². The number of para-hydroxylation sites is 1. The standard InChI is InChI=1S/C28H19N3/c1-2-10-27-24(8-1)23-12-11-19-13-18-5-3-6-20(14-18)26-9-4-7-21(29-26)16-22-17-31(27)28(30-22)25(23)15-19/h1-12,14-15,17H,13,16H2. The molecule has 0 amide bonds. The molecule has 0 radical (unpaired) electrons. The Morgan fingerprint density at radius 2 is 1.52 bits per heavy atom. The Kier molecular flexibility index (Phi) is 3.39. The van der Waals surface area contributed by atoms with E-state index in [0.29, 0.717) is 6.42 Å². The van der Waals surface area contributed by atoms with Crippen molar-refractivity contribution in [2.24, 2.45) is 0 Å². The summed E-state index contributed by atoms with van der Waals surface area (Å²) < 4.78 is 2.25. The summed E-state index contributed by atoms with van der Waals surface area (Å²) in [6.07, 6.45) is 3.78. The highest BCUT2D eigenvalue weighted by Crippen LogP contribution is 2.31. The Morgan fingerprint density at radius 3 is 2.52 bits per heavy atom. The number of imidazole rings is 1. The molecule has 31 heavy (non-hydrogen) atoms. The fraction of sp³-hybridized carbons (Fsp3) is 0.0714. The van der Waals surface area contributed by atoms with Gasteiger partial charge in [0.05, 0.1) is 16.9 Å². The normalized spacial score (nSPS) is 12.9. The number of hydrogen-bond acceptors (Lipinski definition) is 2. The van der Waals surface area contributed by atoms with E-state index in [0.717, 1.165) is 34.7 Å². The van der Waals surface area contributed by atoms with Gasteiger partial charge in [-0.2, -0.15) is 0 Å². The monoisotopic (exact) mass is 397 g/mol. The molecule has 0 N–H and O–H groups in total. The Morgan fingerprint density at radius 1 is 0.613 bits per heavy atom. The van der Waals surface area contributed by atoms with Gasteiger partial charge in [0.2, 0.25) is 0 Å². The lowest BCUT2D eigenvalue weighted by atomic mass is 9.98. The fourth-order valence-electron chi connectivity index (χ4n) is 4.92. The second kappa shape index (κ2) is 6.26. The zero-order chi connectivity index (χ0) is 20.4. The van der Waals surface area contributed by atoms with Gasteiger partial charge in [-0.25, -0.2) is 4.98 Å². The third-order valence-corrected chi connectivity index (χ3v) is 6.33. The lowest BCUT2D eigenvalue weighted by molar-refractivity contribution is 1.04. The molecule has 4 heterocycles. The summed E-state index contributed by atoms with van der Waals surface area (Å²) >= 11 is 0. The molecule has 8 bridgehead atoms. The average Bonchev–Trinajstić information content (AvgIpc) is 3.23. The lowest BCUT2D eigenvalue weighted by Gasteiger charge is -2.11. The van der Waals surface area contributed by atoms with Gasteiger partial charge in [0.15, 0.2) is 0 Å². The van der Waals surface area contributed by atoms with Crippen molar-refractivity contribution in [2.45, 2.75) is 12.8 Å². The minimum Gasteiger partial charge on any atom is -0.299 e. The smallest absolute Gasteiger partial charge is 0.145 e. The van der Waals surface area contributed by atoms with E-state index >= 15 is 0 Å². The highest BCUT2D eigenvalue weighted by Gasteiger charge is 2.14. The maximum absolute atomic E-state index is 5.09. The van der Waals surface area contributed by atoms with Crippen LogP contribution in [0.1, 0.15) is 22.5 Å². The average molecular weight is 397 g/mol. The predicted molar refractivity (Wildman–Crippen MR) is 125 cm³/mol. The molecule has 0 unspecified atom stereocenters. The maximum Gasteiger partial charge on any atom is 0.145 e. The molecule has 3 aromatic heterocycles. The quantitative estimate of drug-likeness (QED) is 0.285. The van der Waals surface area contributed by atoms with Gasteiger partial charge in [-0.05, 0) is 53.3 Å². The zero-order valence-corrected chi connectivity index (χ0v) is 16.9. The minimum atomic E-state index is 0.713. The van der Waals surface area contributed by atoms with Crippen LogP contribution in [0.3, 0.4) is 0 Å². The van der Waals surface area contributed by atoms with E-state index in [1.54, 1.807) is 0 Å². The van der Waals surface area contributed by atoms with E-state index in [2.05, 4.69) is 95.5 Å². The van der Waals surface area contributed by atoms with Crippen LogP contribution in [-0.4, -0.2) is 14.4 Å². The topological polar surface area (TPSA) is 30.2 Å². The first-order chi connectivity index (χ1) is 15.3. The van der Waals surface area contributed by atoms with Crippen LogP contribution in [0.2, 0.25) is 0 Å². The summed E-state index contributed by atoms with van der Waals surface area (Å²) in [5.74, 6) is 0. The molecule has 1 aliphatic heterocycles. The molecule has 0 aliphatic carbocycles. The maximum atomic E-state index is 5.09. The molecule has 3 aromatic carbocycles. The third kappa shape index (κ3) is 2.60. The van der Waals surface area contributed by atoms with Crippen LogP contribution in [0.25, 0.3) is 38.6 Å². The number of benzene rings is 3. The van der Waals surface area contributed by atoms with Crippen LogP contribution >= 0.6 is 0 Å². The van der Waals surface area contributed by atoms with Crippen LogP contribution in [-0.2, 0) is 12.8 Å². The van der Waals surface area contributed by atoms with E-state index in [1.807, 2.05) is 0 Å². The first kappa shape index (κ1) is 16.8. The number of fused-ring (bicyclic) bond motifs is 10. The molecule has 146 valence electrons. The van der Waals surface area contributed by atoms with Crippen LogP contribution in [0.15, 0.2) is 91.1 Å². The first-order valence-corrected chi connectivity index (χ1v) is 10.7. The number of pyridine rings is 2. The van der Waals surface area contributed by atoms with Gasteiger partial charge >= 0.3 is 0 Å². The molecule has 1 aliphatic rings. The van der Waals surface area contributed by atoms with Crippen molar-refractivity contribution < 1.29 is 0 Å². The zero-order valence-electron chi connectivity index (χ0n) is 16.9. The minimum absolute atomic E-state index is 0.713. The Hall–Kier alpha value is -3.98. The van der Waals surface area contributed by atoms with Gasteiger partial charge in [0.25, 0.3) is 0 Å². The lowest BCUT2D eigenvalue weighted by Crippen LogP contribution is -1.96. The predicted octanol–water partition coefficient (Wildman–Crippen LogP) is 6.20. The van der Waals surface area contributed by atoms with Crippen molar-refractivity contribution in [2.75, 3.05) is 0 Å². The van der Waals surface area contributed by atoms with Crippen molar-refractivity contribution in [3.05, 3.63) is 114 Å². The highest BCUT2D eigenvalue weighted by atomic mass is 15.0. The van der Waals surface area contributed by atoms with Crippen molar-refractivity contribution >= 4 is 27.3 Å². The molecular weight excluding hydrogens is 378 g/mol. The summed E-state index contributed by atoms with van der Waals surface area (Å²) in [6, 6.07) is 30.5. The molecule has 0 fully saturated rings. The SMILES string of the molecule is c1cc2cc(c1)-c1cccc(n1)Cc1cn3c4ccccc4c4ccc(cc4c3n1)C2. The molecule has 0 saturated heterocycles. The second-order valence-electron chi connectivity index (χ2n) is 8.39. The van der Waals surface area contributed by atoms with E-state index in [4.69, 9.17) is 9.97 Å². The van der Waals surface area contributed by atoms with Crippen LogP contribution in [0.5, 0.6) is 0 Å². The van der Waals surface area contributed by atoms with Crippen molar-refractivity contribution in [3.8, 4) is 11.3 Å². The van der Waals surface area contributed by atoms with Gasteiger partial charge in [-0.3, -0.25) is 9.38 Å². The third-order valence-electron chi connectivity index (χ3n) is 6.33. The van der Waals surface area contributed by atoms with E-state index in [9.17, 15) is 0 Å². The molecule has 3 nitrogen and oxygen atoms in total. The number of aromatic nitrogens is 3. The molecule has 6 aromatic rings. The fourth-order valence-corrected chi connectivity index (χ4v) is 4.92. The van der Waals surface area contributed by atoms with Gasteiger partial charge < -0.3 is 0 Å². The Bertz CT molecular complexity index is 1640. The summed E-state index contributed by atoms with van der Waals surface area (Å²) in [4.78, 5) is 10.0. The molecule has 0 spiro atoms. The summed E-state index contributed by atoms with van der Waals surface area (Å²) in [5.41, 5.74) is 9.06. The second-order valence-corrected chi connectivity index (χ2v) is 8.39. The summed E-state index contributed by atoms with van der Waals surface area (Å²) in [6.45, 7) is 0. The van der Waals surface area contributed by atoms with Crippen molar-refractivity contribution in [3.63, 3.8) is 0 Å². The van der Waals surface area contributed by atoms with Crippen LogP contribution in [0.4, 0.5) is 0 Å². The number of rotatable bonds is 0. The Labute approximate surface area is 179 Å².